The molecule has 2 aromatic carbocycles. The predicted molar refractivity (Wildman–Crippen MR) is 73.5 cm³/mol. The number of fused-ring (bicyclic) bond motifs is 1. The second-order valence-electron chi connectivity index (χ2n) is 4.27. The van der Waals surface area contributed by atoms with Gasteiger partial charge in [-0.2, -0.15) is 0 Å². The second kappa shape index (κ2) is 4.55. The lowest BCUT2D eigenvalue weighted by atomic mass is 10.1. The first-order valence-corrected chi connectivity index (χ1v) is 6.14. The van der Waals surface area contributed by atoms with E-state index in [0.717, 1.165) is 5.69 Å². The van der Waals surface area contributed by atoms with Gasteiger partial charge in [0.15, 0.2) is 0 Å². The summed E-state index contributed by atoms with van der Waals surface area (Å²) in [5.74, 6) is -0.470. The molecule has 3 nitrogen and oxygen atoms in total. The molecule has 1 aliphatic heterocycles. The summed E-state index contributed by atoms with van der Waals surface area (Å²) in [6.07, 6.45) is 0. The lowest BCUT2D eigenvalue weighted by Gasteiger charge is -2.31. The zero-order valence-corrected chi connectivity index (χ0v) is 10.6. The minimum absolute atomic E-state index is 0.131. The first-order valence-electron chi connectivity index (χ1n) is 5.76. The van der Waals surface area contributed by atoms with Crippen molar-refractivity contribution in [2.75, 3.05) is 16.8 Å². The molecule has 19 heavy (non-hydrogen) atoms. The number of carbonyl (C=O) groups excluding carboxylic acids is 1. The Kier molecular flexibility index (Phi) is 2.87. The van der Waals surface area contributed by atoms with Gasteiger partial charge in [0, 0.05) is 10.7 Å². The van der Waals surface area contributed by atoms with Crippen LogP contribution in [0.15, 0.2) is 42.5 Å². The van der Waals surface area contributed by atoms with Crippen molar-refractivity contribution in [3.05, 3.63) is 53.3 Å². The summed E-state index contributed by atoms with van der Waals surface area (Å²) in [4.78, 5) is 13.4. The highest BCUT2D eigenvalue weighted by atomic mass is 35.5. The van der Waals surface area contributed by atoms with Gasteiger partial charge in [-0.1, -0.05) is 11.6 Å². The van der Waals surface area contributed by atoms with Crippen molar-refractivity contribution in [1.29, 1.82) is 0 Å². The fourth-order valence-corrected chi connectivity index (χ4v) is 2.23. The maximum absolute atomic E-state index is 13.4. The van der Waals surface area contributed by atoms with Crippen molar-refractivity contribution in [2.45, 2.75) is 0 Å². The molecule has 0 saturated carbocycles. The maximum Gasteiger partial charge on any atom is 0.244 e. The molecular formula is C14H10ClFN2O. The molecule has 0 radical (unpaired) electrons. The Labute approximate surface area is 114 Å². The third kappa shape index (κ3) is 2.27. The number of carbonyl (C=O) groups is 1. The lowest BCUT2D eigenvalue weighted by molar-refractivity contribution is -0.115. The van der Waals surface area contributed by atoms with Gasteiger partial charge in [-0.3, -0.25) is 4.79 Å². The van der Waals surface area contributed by atoms with Gasteiger partial charge in [0.2, 0.25) is 5.91 Å². The number of nitrogens with one attached hydrogen (secondary N) is 1. The van der Waals surface area contributed by atoms with Crippen LogP contribution in [0.1, 0.15) is 0 Å². The highest BCUT2D eigenvalue weighted by molar-refractivity contribution is 6.30. The second-order valence-corrected chi connectivity index (χ2v) is 4.71. The molecule has 1 heterocycles. The van der Waals surface area contributed by atoms with E-state index in [1.54, 1.807) is 35.2 Å². The van der Waals surface area contributed by atoms with E-state index < -0.39 is 0 Å². The van der Waals surface area contributed by atoms with E-state index in [0.29, 0.717) is 16.4 Å². The van der Waals surface area contributed by atoms with Crippen molar-refractivity contribution in [1.82, 2.24) is 0 Å². The Hall–Kier alpha value is -2.07. The van der Waals surface area contributed by atoms with E-state index in [-0.39, 0.29) is 18.3 Å². The largest absolute Gasteiger partial charge is 0.330 e. The number of anilines is 3. The SMILES string of the molecule is O=C1CN(c2ccc(Cl)cc2)c2cc(F)ccc2N1. The number of amides is 1. The molecule has 0 aliphatic carbocycles. The maximum atomic E-state index is 13.4. The normalized spacial score (nSPS) is 14.0. The molecule has 0 saturated heterocycles. The Bertz CT molecular complexity index is 642. The van der Waals surface area contributed by atoms with Crippen LogP contribution < -0.4 is 10.2 Å². The van der Waals surface area contributed by atoms with E-state index in [2.05, 4.69) is 5.32 Å². The number of rotatable bonds is 1. The van der Waals surface area contributed by atoms with Crippen LogP contribution in [0.4, 0.5) is 21.5 Å². The summed E-state index contributed by atoms with van der Waals surface area (Å²) >= 11 is 5.85. The fourth-order valence-electron chi connectivity index (χ4n) is 2.10. The summed E-state index contributed by atoms with van der Waals surface area (Å²) in [6, 6.07) is 11.4. The summed E-state index contributed by atoms with van der Waals surface area (Å²) in [5.41, 5.74) is 2.04. The minimum atomic E-state index is -0.339. The van der Waals surface area contributed by atoms with Crippen molar-refractivity contribution in [3.63, 3.8) is 0 Å². The highest BCUT2D eigenvalue weighted by Crippen LogP contribution is 2.35. The van der Waals surface area contributed by atoms with Crippen LogP contribution in [-0.4, -0.2) is 12.5 Å². The van der Waals surface area contributed by atoms with Gasteiger partial charge < -0.3 is 10.2 Å². The van der Waals surface area contributed by atoms with Gasteiger partial charge in [0.05, 0.1) is 11.4 Å². The molecular weight excluding hydrogens is 267 g/mol. The van der Waals surface area contributed by atoms with Crippen LogP contribution in [0.5, 0.6) is 0 Å². The van der Waals surface area contributed by atoms with Crippen LogP contribution >= 0.6 is 11.6 Å². The van der Waals surface area contributed by atoms with Crippen LogP contribution in [0.25, 0.3) is 0 Å². The van der Waals surface area contributed by atoms with E-state index in [1.165, 1.54) is 12.1 Å². The number of benzene rings is 2. The zero-order chi connectivity index (χ0) is 13.4. The van der Waals surface area contributed by atoms with Crippen LogP contribution in [0, 0.1) is 5.82 Å². The quantitative estimate of drug-likeness (QED) is 0.864. The summed E-state index contributed by atoms with van der Waals surface area (Å²) < 4.78 is 13.4. The van der Waals surface area contributed by atoms with Crippen LogP contribution in [0.3, 0.4) is 0 Å². The van der Waals surface area contributed by atoms with E-state index in [1.807, 2.05) is 0 Å². The first kappa shape index (κ1) is 12.0. The zero-order valence-electron chi connectivity index (χ0n) is 9.86. The Morgan fingerprint density at radius 2 is 1.89 bits per heavy atom. The molecule has 0 bridgehead atoms. The molecule has 3 rings (SSSR count). The molecule has 0 spiro atoms. The average Bonchev–Trinajstić information content (AvgIpc) is 2.39. The van der Waals surface area contributed by atoms with Gasteiger partial charge in [0.1, 0.15) is 12.4 Å². The van der Waals surface area contributed by atoms with E-state index in [9.17, 15) is 9.18 Å². The molecule has 5 heteroatoms. The van der Waals surface area contributed by atoms with Crippen LogP contribution in [0.2, 0.25) is 5.02 Å². The molecule has 1 aliphatic rings. The van der Waals surface area contributed by atoms with Gasteiger partial charge >= 0.3 is 0 Å². The first-order chi connectivity index (χ1) is 9.13. The molecule has 96 valence electrons. The van der Waals surface area contributed by atoms with Gasteiger partial charge in [-0.15, -0.1) is 0 Å². The summed E-state index contributed by atoms with van der Waals surface area (Å²) in [6.45, 7) is 0.151. The highest BCUT2D eigenvalue weighted by Gasteiger charge is 2.23. The molecule has 1 amide bonds. The van der Waals surface area contributed by atoms with Crippen molar-refractivity contribution in [2.24, 2.45) is 0 Å². The monoisotopic (exact) mass is 276 g/mol. The van der Waals surface area contributed by atoms with Gasteiger partial charge in [0.25, 0.3) is 0 Å². The number of halogens is 2. The summed E-state index contributed by atoms with van der Waals surface area (Å²) in [5, 5.41) is 3.34. The molecule has 0 fully saturated rings. The van der Waals surface area contributed by atoms with Crippen molar-refractivity contribution < 1.29 is 9.18 Å². The Morgan fingerprint density at radius 3 is 2.63 bits per heavy atom. The Balaban J connectivity index is 2.09. The molecule has 2 aromatic rings. The van der Waals surface area contributed by atoms with Gasteiger partial charge in [-0.25, -0.2) is 4.39 Å². The molecule has 1 N–H and O–H groups in total. The predicted octanol–water partition coefficient (Wildman–Crippen LogP) is 3.57. The third-order valence-electron chi connectivity index (χ3n) is 2.96. The lowest BCUT2D eigenvalue weighted by Crippen LogP contribution is -2.35. The average molecular weight is 277 g/mol. The number of hydrogen-bond acceptors (Lipinski definition) is 2. The smallest absolute Gasteiger partial charge is 0.244 e. The fraction of sp³-hybridized carbons (Fsp3) is 0.0714. The topological polar surface area (TPSA) is 32.3 Å². The number of hydrogen-bond donors (Lipinski definition) is 1. The molecule has 0 atom stereocenters. The van der Waals surface area contributed by atoms with Crippen molar-refractivity contribution in [3.8, 4) is 0 Å². The minimum Gasteiger partial charge on any atom is -0.330 e. The summed E-state index contributed by atoms with van der Waals surface area (Å²) in [7, 11) is 0. The molecule has 0 unspecified atom stereocenters. The molecule has 0 aromatic heterocycles. The van der Waals surface area contributed by atoms with E-state index in [4.69, 9.17) is 11.6 Å². The van der Waals surface area contributed by atoms with Crippen LogP contribution in [-0.2, 0) is 4.79 Å². The van der Waals surface area contributed by atoms with Crippen molar-refractivity contribution >= 4 is 34.6 Å². The standard InChI is InChI=1S/C14H10ClFN2O/c15-9-1-4-11(5-2-9)18-8-14(19)17-12-6-3-10(16)7-13(12)18/h1-7H,8H2,(H,17,19). The van der Waals surface area contributed by atoms with Gasteiger partial charge in [-0.05, 0) is 42.5 Å². The third-order valence-corrected chi connectivity index (χ3v) is 3.22. The van der Waals surface area contributed by atoms with E-state index >= 15 is 0 Å². The number of nitrogens with zero attached hydrogens (tertiary/aromatic N) is 1. The Morgan fingerprint density at radius 1 is 1.16 bits per heavy atom.